The number of amides is 1. The second kappa shape index (κ2) is 7.71. The van der Waals surface area contributed by atoms with Gasteiger partial charge in [0.1, 0.15) is 0 Å². The molecule has 6 heteroatoms. The van der Waals surface area contributed by atoms with Crippen LogP contribution in [0.15, 0.2) is 5.38 Å². The predicted octanol–water partition coefficient (Wildman–Crippen LogP) is 2.33. The zero-order valence-corrected chi connectivity index (χ0v) is 13.6. The molecule has 0 aliphatic rings. The lowest BCUT2D eigenvalue weighted by Gasteiger charge is -2.29. The minimum atomic E-state index is -0.0993. The second-order valence-corrected chi connectivity index (χ2v) is 7.03. The molecule has 0 spiro atoms. The lowest BCUT2D eigenvalue weighted by Crippen LogP contribution is -2.33. The molecule has 114 valence electrons. The van der Waals surface area contributed by atoms with Crippen LogP contribution in [0, 0.1) is 5.41 Å². The first kappa shape index (κ1) is 17.1. The monoisotopic (exact) mass is 299 g/mol. The third-order valence-electron chi connectivity index (χ3n) is 2.55. The Morgan fingerprint density at radius 2 is 2.20 bits per heavy atom. The maximum Gasteiger partial charge on any atom is 0.223 e. The molecule has 0 atom stereocenters. The van der Waals surface area contributed by atoms with E-state index in [1.807, 2.05) is 5.38 Å². The highest BCUT2D eigenvalue weighted by atomic mass is 32.1. The second-order valence-electron chi connectivity index (χ2n) is 6.17. The highest BCUT2D eigenvalue weighted by Gasteiger charge is 2.17. The Balaban J connectivity index is 2.63. The number of hydrogen-bond donors (Lipinski definition) is 2. The topological polar surface area (TPSA) is 65.5 Å². The number of aromatic nitrogens is 1. The zero-order valence-electron chi connectivity index (χ0n) is 12.8. The molecule has 0 aliphatic carbocycles. The fourth-order valence-electron chi connectivity index (χ4n) is 2.00. The van der Waals surface area contributed by atoms with Gasteiger partial charge in [-0.15, -0.1) is 11.3 Å². The summed E-state index contributed by atoms with van der Waals surface area (Å²) in [6.45, 7) is 10.8. The van der Waals surface area contributed by atoms with Crippen LogP contribution in [-0.4, -0.2) is 40.6 Å². The van der Waals surface area contributed by atoms with Crippen LogP contribution in [0.4, 0.5) is 5.13 Å². The van der Waals surface area contributed by atoms with E-state index in [1.165, 1.54) is 18.3 Å². The van der Waals surface area contributed by atoms with Gasteiger partial charge in [-0.05, 0) is 11.8 Å². The number of aliphatic hydroxyl groups excluding tert-OH is 1. The lowest BCUT2D eigenvalue weighted by molar-refractivity contribution is -0.114. The molecule has 1 heterocycles. The summed E-state index contributed by atoms with van der Waals surface area (Å²) in [7, 11) is 0. The molecule has 0 unspecified atom stereocenters. The van der Waals surface area contributed by atoms with Gasteiger partial charge in [0.05, 0.1) is 5.69 Å². The smallest absolute Gasteiger partial charge is 0.223 e. The molecule has 0 aromatic carbocycles. The number of hydrogen-bond acceptors (Lipinski definition) is 5. The number of nitrogens with zero attached hydrogens (tertiary/aromatic N) is 2. The highest BCUT2D eigenvalue weighted by Crippen LogP contribution is 2.20. The Morgan fingerprint density at radius 1 is 1.50 bits per heavy atom. The van der Waals surface area contributed by atoms with E-state index in [1.54, 1.807) is 0 Å². The molecule has 1 aromatic heterocycles. The maximum absolute atomic E-state index is 11.0. The van der Waals surface area contributed by atoms with Crippen molar-refractivity contribution in [3.8, 4) is 0 Å². The molecule has 2 N–H and O–H groups in total. The van der Waals surface area contributed by atoms with Crippen LogP contribution in [-0.2, 0) is 11.3 Å². The van der Waals surface area contributed by atoms with Gasteiger partial charge in [-0.3, -0.25) is 9.69 Å². The van der Waals surface area contributed by atoms with E-state index in [0.29, 0.717) is 5.13 Å². The summed E-state index contributed by atoms with van der Waals surface area (Å²) < 4.78 is 0. The fraction of sp³-hybridized carbons (Fsp3) is 0.714. The first-order valence-electron chi connectivity index (χ1n) is 6.85. The van der Waals surface area contributed by atoms with Crippen LogP contribution in [0.1, 0.15) is 39.8 Å². The first-order valence-corrected chi connectivity index (χ1v) is 7.73. The van der Waals surface area contributed by atoms with Crippen molar-refractivity contribution in [1.29, 1.82) is 0 Å². The molecule has 0 radical (unpaired) electrons. The molecular weight excluding hydrogens is 274 g/mol. The van der Waals surface area contributed by atoms with E-state index >= 15 is 0 Å². The van der Waals surface area contributed by atoms with Crippen molar-refractivity contribution in [2.24, 2.45) is 5.41 Å². The predicted molar refractivity (Wildman–Crippen MR) is 82.9 cm³/mol. The van der Waals surface area contributed by atoms with E-state index in [-0.39, 0.29) is 17.9 Å². The van der Waals surface area contributed by atoms with Gasteiger partial charge >= 0.3 is 0 Å². The highest BCUT2D eigenvalue weighted by molar-refractivity contribution is 7.13. The Bertz CT molecular complexity index is 426. The molecule has 1 rings (SSSR count). The van der Waals surface area contributed by atoms with E-state index in [2.05, 4.69) is 36.0 Å². The fourth-order valence-corrected chi connectivity index (χ4v) is 2.74. The summed E-state index contributed by atoms with van der Waals surface area (Å²) in [4.78, 5) is 17.7. The van der Waals surface area contributed by atoms with Crippen LogP contribution < -0.4 is 5.32 Å². The van der Waals surface area contributed by atoms with Crippen LogP contribution in [0.2, 0.25) is 0 Å². The number of anilines is 1. The van der Waals surface area contributed by atoms with Gasteiger partial charge in [0.15, 0.2) is 5.13 Å². The molecule has 1 aromatic rings. The van der Waals surface area contributed by atoms with Gasteiger partial charge in [-0.2, -0.15) is 0 Å². The maximum atomic E-state index is 11.0. The summed E-state index contributed by atoms with van der Waals surface area (Å²) in [6.07, 6.45) is 0.763. The van der Waals surface area contributed by atoms with E-state index in [9.17, 15) is 4.79 Å². The van der Waals surface area contributed by atoms with Gasteiger partial charge in [0.2, 0.25) is 5.91 Å². The molecule has 1 amide bonds. The summed E-state index contributed by atoms with van der Waals surface area (Å²) >= 11 is 1.44. The van der Waals surface area contributed by atoms with Crippen molar-refractivity contribution in [1.82, 2.24) is 9.88 Å². The summed E-state index contributed by atoms with van der Waals surface area (Å²) in [5.41, 5.74) is 1.16. The average Bonchev–Trinajstić information content (AvgIpc) is 2.70. The van der Waals surface area contributed by atoms with Gasteiger partial charge in [-0.1, -0.05) is 20.8 Å². The zero-order chi connectivity index (χ0) is 15.2. The number of nitrogens with one attached hydrogen (secondary N) is 1. The van der Waals surface area contributed by atoms with Crippen molar-refractivity contribution < 1.29 is 9.90 Å². The molecule has 0 fully saturated rings. The van der Waals surface area contributed by atoms with Crippen LogP contribution in [0.25, 0.3) is 0 Å². The minimum Gasteiger partial charge on any atom is -0.396 e. The van der Waals surface area contributed by atoms with Crippen molar-refractivity contribution >= 4 is 22.4 Å². The number of carbonyl (C=O) groups is 1. The van der Waals surface area contributed by atoms with Gasteiger partial charge in [0.25, 0.3) is 0 Å². The number of thiazole rings is 1. The molecule has 20 heavy (non-hydrogen) atoms. The Morgan fingerprint density at radius 3 is 2.75 bits per heavy atom. The van der Waals surface area contributed by atoms with Crippen LogP contribution >= 0.6 is 11.3 Å². The standard InChI is InChI=1S/C14H25N3O2S/c1-11(19)15-13-16-12(9-20-13)8-17(6-5-7-18)10-14(2,3)4/h9,18H,5-8,10H2,1-4H3,(H,15,16,19). The van der Waals surface area contributed by atoms with Crippen molar-refractivity contribution in [3.05, 3.63) is 11.1 Å². The van der Waals surface area contributed by atoms with E-state index in [0.717, 1.165) is 31.7 Å². The Labute approximate surface area is 125 Å². The summed E-state index contributed by atoms with van der Waals surface area (Å²) in [6, 6.07) is 0. The van der Waals surface area contributed by atoms with Crippen LogP contribution in [0.3, 0.4) is 0 Å². The molecular formula is C14H25N3O2S. The summed E-state index contributed by atoms with van der Waals surface area (Å²) in [5, 5.41) is 14.3. The van der Waals surface area contributed by atoms with Gasteiger partial charge in [-0.25, -0.2) is 4.98 Å². The van der Waals surface area contributed by atoms with Crippen molar-refractivity contribution in [2.75, 3.05) is 25.0 Å². The Kier molecular flexibility index (Phi) is 6.58. The number of aliphatic hydroxyl groups is 1. The lowest BCUT2D eigenvalue weighted by atomic mass is 9.96. The van der Waals surface area contributed by atoms with E-state index in [4.69, 9.17) is 5.11 Å². The van der Waals surface area contributed by atoms with Crippen LogP contribution in [0.5, 0.6) is 0 Å². The van der Waals surface area contributed by atoms with Crippen molar-refractivity contribution in [2.45, 2.75) is 40.7 Å². The number of rotatable bonds is 7. The minimum absolute atomic E-state index is 0.0993. The average molecular weight is 299 g/mol. The van der Waals surface area contributed by atoms with E-state index < -0.39 is 0 Å². The van der Waals surface area contributed by atoms with Gasteiger partial charge < -0.3 is 10.4 Å². The SMILES string of the molecule is CC(=O)Nc1nc(CN(CCCO)CC(C)(C)C)cs1. The number of carbonyl (C=O) groups excluding carboxylic acids is 1. The Hall–Kier alpha value is -0.980. The molecule has 5 nitrogen and oxygen atoms in total. The first-order chi connectivity index (χ1) is 9.30. The third kappa shape index (κ3) is 6.98. The molecule has 0 saturated carbocycles. The van der Waals surface area contributed by atoms with Crippen molar-refractivity contribution in [3.63, 3.8) is 0 Å². The third-order valence-corrected chi connectivity index (χ3v) is 3.36. The quantitative estimate of drug-likeness (QED) is 0.811. The largest absolute Gasteiger partial charge is 0.396 e. The normalized spacial score (nSPS) is 11.9. The molecule has 0 saturated heterocycles. The molecule has 0 aliphatic heterocycles. The molecule has 0 bridgehead atoms. The summed E-state index contributed by atoms with van der Waals surface area (Å²) in [5.74, 6) is -0.0993. The van der Waals surface area contributed by atoms with Gasteiger partial charge in [0, 0.05) is 38.5 Å².